The maximum atomic E-state index is 12.9. The van der Waals surface area contributed by atoms with E-state index in [1.807, 2.05) is 29.8 Å². The van der Waals surface area contributed by atoms with Crippen molar-refractivity contribution < 1.29 is 22.8 Å². The number of nitrogens with zero attached hydrogens (tertiary/aromatic N) is 1. The molecule has 0 heterocycles. The fourth-order valence-corrected chi connectivity index (χ4v) is 6.53. The zero-order valence-electron chi connectivity index (χ0n) is 24.0. The smallest absolute Gasteiger partial charge is 0.264 e. The standard InChI is InChI=1S/C31H35Cl2N3O5S2/c1-3-7-31(39)36(15-14-30(38)34-19-25(42)17-22-8-6-9-24(32)16-22)20-23-12-13-26(28(33)18-23)27-10-4-5-11-29(27)43(40,41)35-21(2)37/h4-6,8-13,16,18,25,42H,3,7,14-15,17,19-20H2,1-2H3,(H,34,38)(H,35,37). The number of hydrogen-bond acceptors (Lipinski definition) is 6. The third-order valence-electron chi connectivity index (χ3n) is 6.47. The van der Waals surface area contributed by atoms with Crippen molar-refractivity contribution in [3.63, 3.8) is 0 Å². The zero-order valence-corrected chi connectivity index (χ0v) is 27.2. The maximum Gasteiger partial charge on any atom is 0.264 e. The Morgan fingerprint density at radius 2 is 1.67 bits per heavy atom. The van der Waals surface area contributed by atoms with E-state index >= 15 is 0 Å². The number of nitrogens with one attached hydrogen (secondary N) is 2. The predicted octanol–water partition coefficient (Wildman–Crippen LogP) is 5.66. The summed E-state index contributed by atoms with van der Waals surface area (Å²) >= 11 is 17.2. The van der Waals surface area contributed by atoms with Gasteiger partial charge in [-0.05, 0) is 48.2 Å². The lowest BCUT2D eigenvalue weighted by Crippen LogP contribution is -2.36. The van der Waals surface area contributed by atoms with Crippen molar-refractivity contribution in [3.05, 3.63) is 87.9 Å². The van der Waals surface area contributed by atoms with Crippen molar-refractivity contribution in [2.75, 3.05) is 13.1 Å². The van der Waals surface area contributed by atoms with Crippen LogP contribution in [0.4, 0.5) is 0 Å². The molecule has 0 saturated heterocycles. The third kappa shape index (κ3) is 10.6. The first-order valence-corrected chi connectivity index (χ1v) is 16.5. The van der Waals surface area contributed by atoms with Gasteiger partial charge in [0.2, 0.25) is 17.7 Å². The SMILES string of the molecule is CCCC(=O)N(CCC(=O)NCC(S)Cc1cccc(Cl)c1)Cc1ccc(-c2ccccc2S(=O)(=O)NC(C)=O)c(Cl)c1. The van der Waals surface area contributed by atoms with Gasteiger partial charge in [-0.3, -0.25) is 14.4 Å². The number of rotatable bonds is 14. The van der Waals surface area contributed by atoms with Crippen molar-refractivity contribution in [2.45, 2.75) is 56.2 Å². The molecule has 12 heteroatoms. The summed E-state index contributed by atoms with van der Waals surface area (Å²) in [6.45, 7) is 3.84. The van der Waals surface area contributed by atoms with E-state index in [0.29, 0.717) is 42.0 Å². The van der Waals surface area contributed by atoms with E-state index in [9.17, 15) is 22.8 Å². The molecule has 2 N–H and O–H groups in total. The Bertz CT molecular complexity index is 1570. The number of amides is 3. The van der Waals surface area contributed by atoms with Crippen LogP contribution >= 0.6 is 35.8 Å². The van der Waals surface area contributed by atoms with Gasteiger partial charge in [0, 0.05) is 65.8 Å². The molecule has 1 unspecified atom stereocenters. The van der Waals surface area contributed by atoms with Crippen LogP contribution in [0.2, 0.25) is 10.0 Å². The lowest BCUT2D eigenvalue weighted by molar-refractivity contribution is -0.132. The number of carbonyl (C=O) groups is 3. The molecule has 0 spiro atoms. The number of sulfonamides is 1. The summed E-state index contributed by atoms with van der Waals surface area (Å²) < 4.78 is 27.5. The minimum absolute atomic E-state index is 0.0818. The molecular weight excluding hydrogens is 629 g/mol. The lowest BCUT2D eigenvalue weighted by Gasteiger charge is -2.23. The molecule has 3 aromatic rings. The molecule has 0 aliphatic heterocycles. The highest BCUT2D eigenvalue weighted by molar-refractivity contribution is 7.90. The highest BCUT2D eigenvalue weighted by Gasteiger charge is 2.22. The Balaban J connectivity index is 1.67. The van der Waals surface area contributed by atoms with Crippen LogP contribution in [0.1, 0.15) is 44.2 Å². The number of thiol groups is 1. The van der Waals surface area contributed by atoms with Crippen molar-refractivity contribution >= 4 is 63.6 Å². The van der Waals surface area contributed by atoms with E-state index in [1.165, 1.54) is 6.07 Å². The van der Waals surface area contributed by atoms with Gasteiger partial charge in [0.15, 0.2) is 0 Å². The molecule has 0 radical (unpaired) electrons. The Labute approximate surface area is 268 Å². The molecule has 0 fully saturated rings. The van der Waals surface area contributed by atoms with Gasteiger partial charge in [-0.1, -0.05) is 72.6 Å². The monoisotopic (exact) mass is 663 g/mol. The minimum Gasteiger partial charge on any atom is -0.355 e. The highest BCUT2D eigenvalue weighted by atomic mass is 35.5. The van der Waals surface area contributed by atoms with Gasteiger partial charge >= 0.3 is 0 Å². The van der Waals surface area contributed by atoms with E-state index in [0.717, 1.165) is 18.1 Å². The number of carbonyl (C=O) groups excluding carboxylic acids is 3. The van der Waals surface area contributed by atoms with E-state index in [2.05, 4.69) is 17.9 Å². The van der Waals surface area contributed by atoms with Gasteiger partial charge < -0.3 is 10.2 Å². The topological polar surface area (TPSA) is 113 Å². The van der Waals surface area contributed by atoms with Crippen LogP contribution in [0.3, 0.4) is 0 Å². The number of benzene rings is 3. The summed E-state index contributed by atoms with van der Waals surface area (Å²) in [5.41, 5.74) is 2.54. The summed E-state index contributed by atoms with van der Waals surface area (Å²) in [7, 11) is -4.10. The molecule has 0 aliphatic carbocycles. The Morgan fingerprint density at radius 1 is 0.930 bits per heavy atom. The molecule has 0 aliphatic rings. The molecule has 43 heavy (non-hydrogen) atoms. The average molecular weight is 665 g/mol. The lowest BCUT2D eigenvalue weighted by atomic mass is 10.0. The van der Waals surface area contributed by atoms with Gasteiger partial charge in [-0.15, -0.1) is 0 Å². The molecule has 230 valence electrons. The molecule has 0 bridgehead atoms. The minimum atomic E-state index is -4.10. The summed E-state index contributed by atoms with van der Waals surface area (Å²) in [4.78, 5) is 38.5. The van der Waals surface area contributed by atoms with Crippen molar-refractivity contribution in [3.8, 4) is 11.1 Å². The second kappa shape index (κ2) is 16.1. The zero-order chi connectivity index (χ0) is 31.6. The summed E-state index contributed by atoms with van der Waals surface area (Å²) in [5, 5.41) is 3.72. The summed E-state index contributed by atoms with van der Waals surface area (Å²) in [6, 6.07) is 18.9. The molecular formula is C31H35Cl2N3O5S2. The van der Waals surface area contributed by atoms with Gasteiger partial charge in [0.05, 0.1) is 4.90 Å². The predicted molar refractivity (Wildman–Crippen MR) is 174 cm³/mol. The van der Waals surface area contributed by atoms with E-state index in [1.54, 1.807) is 47.4 Å². The Morgan fingerprint density at radius 3 is 2.35 bits per heavy atom. The molecule has 8 nitrogen and oxygen atoms in total. The van der Waals surface area contributed by atoms with Gasteiger partial charge in [-0.25, -0.2) is 13.1 Å². The fourth-order valence-electron chi connectivity index (χ4n) is 4.49. The van der Waals surface area contributed by atoms with Gasteiger partial charge in [-0.2, -0.15) is 12.6 Å². The number of halogens is 2. The van der Waals surface area contributed by atoms with E-state index in [4.69, 9.17) is 23.2 Å². The normalized spacial score (nSPS) is 11.9. The average Bonchev–Trinajstić information content (AvgIpc) is 2.93. The molecule has 1 atom stereocenters. The van der Waals surface area contributed by atoms with Crippen molar-refractivity contribution in [2.24, 2.45) is 0 Å². The van der Waals surface area contributed by atoms with E-state index in [-0.39, 0.29) is 46.5 Å². The highest BCUT2D eigenvalue weighted by Crippen LogP contribution is 2.33. The second-order valence-corrected chi connectivity index (χ2v) is 13.3. The third-order valence-corrected chi connectivity index (χ3v) is 8.88. The Hall–Kier alpha value is -3.05. The van der Waals surface area contributed by atoms with Crippen molar-refractivity contribution in [1.82, 2.24) is 14.9 Å². The largest absolute Gasteiger partial charge is 0.355 e. The Kier molecular flexibility index (Phi) is 12.9. The summed E-state index contributed by atoms with van der Waals surface area (Å²) in [6.07, 6.45) is 1.75. The quantitative estimate of drug-likeness (QED) is 0.193. The van der Waals surface area contributed by atoms with Crippen LogP contribution in [0.25, 0.3) is 11.1 Å². The van der Waals surface area contributed by atoms with Crippen LogP contribution in [-0.4, -0.2) is 49.4 Å². The first-order chi connectivity index (χ1) is 20.4. The van der Waals surface area contributed by atoms with E-state index < -0.39 is 15.9 Å². The maximum absolute atomic E-state index is 12.9. The second-order valence-electron chi connectivity index (χ2n) is 10.1. The molecule has 0 aromatic heterocycles. The van der Waals surface area contributed by atoms with Crippen LogP contribution in [0.15, 0.2) is 71.6 Å². The van der Waals surface area contributed by atoms with Crippen LogP contribution in [0.5, 0.6) is 0 Å². The van der Waals surface area contributed by atoms with Crippen LogP contribution in [-0.2, 0) is 37.4 Å². The fraction of sp³-hybridized carbons (Fsp3) is 0.323. The first kappa shape index (κ1) is 34.4. The molecule has 0 saturated carbocycles. The van der Waals surface area contributed by atoms with Gasteiger partial charge in [0.25, 0.3) is 10.0 Å². The molecule has 3 aromatic carbocycles. The van der Waals surface area contributed by atoms with Crippen LogP contribution in [0, 0.1) is 0 Å². The molecule has 3 rings (SSSR count). The van der Waals surface area contributed by atoms with Crippen LogP contribution < -0.4 is 10.0 Å². The molecule has 3 amide bonds. The summed E-state index contributed by atoms with van der Waals surface area (Å²) in [5.74, 6) is -0.982. The first-order valence-electron chi connectivity index (χ1n) is 13.8. The number of hydrogen-bond donors (Lipinski definition) is 3. The van der Waals surface area contributed by atoms with Crippen molar-refractivity contribution in [1.29, 1.82) is 0 Å². The van der Waals surface area contributed by atoms with Gasteiger partial charge in [0.1, 0.15) is 0 Å².